The van der Waals surface area contributed by atoms with E-state index in [1.165, 1.54) is 6.08 Å². The van der Waals surface area contributed by atoms with Crippen LogP contribution < -0.4 is 14.2 Å². The van der Waals surface area contributed by atoms with Crippen LogP contribution in [0.3, 0.4) is 0 Å². The third-order valence-corrected chi connectivity index (χ3v) is 3.21. The molecule has 4 nitrogen and oxygen atoms in total. The predicted molar refractivity (Wildman–Crippen MR) is 85.9 cm³/mol. The van der Waals surface area contributed by atoms with Crippen molar-refractivity contribution in [2.45, 2.75) is 0 Å². The molecule has 0 spiro atoms. The average molecular weight is 298 g/mol. The zero-order valence-corrected chi connectivity index (χ0v) is 12.8. The SMILES string of the molecule is COc1ccc(C=CC(=O)c2ccccc2OC)cc1OC. The number of benzene rings is 2. The van der Waals surface area contributed by atoms with Crippen molar-refractivity contribution in [2.75, 3.05) is 21.3 Å². The van der Waals surface area contributed by atoms with Gasteiger partial charge in [-0.05, 0) is 35.9 Å². The normalized spacial score (nSPS) is 10.5. The lowest BCUT2D eigenvalue weighted by molar-refractivity contribution is 0.104. The first-order chi connectivity index (χ1) is 10.7. The minimum absolute atomic E-state index is 0.118. The molecular formula is C18H18O4. The zero-order valence-electron chi connectivity index (χ0n) is 12.8. The Morgan fingerprint density at radius 1 is 0.864 bits per heavy atom. The van der Waals surface area contributed by atoms with Crippen molar-refractivity contribution in [3.8, 4) is 17.2 Å². The Morgan fingerprint density at radius 2 is 1.55 bits per heavy atom. The molecule has 0 aliphatic carbocycles. The number of ether oxygens (including phenoxy) is 3. The van der Waals surface area contributed by atoms with Gasteiger partial charge in [-0.25, -0.2) is 0 Å². The van der Waals surface area contributed by atoms with E-state index in [-0.39, 0.29) is 5.78 Å². The second-order valence-corrected chi connectivity index (χ2v) is 4.51. The second-order valence-electron chi connectivity index (χ2n) is 4.51. The van der Waals surface area contributed by atoms with Crippen LogP contribution in [-0.2, 0) is 0 Å². The van der Waals surface area contributed by atoms with Gasteiger partial charge in [0.15, 0.2) is 17.3 Å². The van der Waals surface area contributed by atoms with Crippen LogP contribution in [0.2, 0.25) is 0 Å². The molecule has 2 rings (SSSR count). The van der Waals surface area contributed by atoms with Crippen molar-refractivity contribution in [1.29, 1.82) is 0 Å². The van der Waals surface area contributed by atoms with Crippen LogP contribution in [0, 0.1) is 0 Å². The van der Waals surface area contributed by atoms with E-state index in [1.54, 1.807) is 51.7 Å². The van der Waals surface area contributed by atoms with Crippen molar-refractivity contribution in [3.63, 3.8) is 0 Å². The summed E-state index contributed by atoms with van der Waals surface area (Å²) in [5.41, 5.74) is 1.38. The summed E-state index contributed by atoms with van der Waals surface area (Å²) in [5, 5.41) is 0. The van der Waals surface area contributed by atoms with E-state index in [4.69, 9.17) is 14.2 Å². The minimum Gasteiger partial charge on any atom is -0.496 e. The highest BCUT2D eigenvalue weighted by molar-refractivity contribution is 6.08. The summed E-state index contributed by atoms with van der Waals surface area (Å²) in [4.78, 5) is 12.3. The Morgan fingerprint density at radius 3 is 2.23 bits per heavy atom. The molecule has 0 bridgehead atoms. The molecule has 0 aliphatic rings. The molecule has 2 aromatic rings. The number of para-hydroxylation sites is 1. The smallest absolute Gasteiger partial charge is 0.189 e. The maximum atomic E-state index is 12.3. The highest BCUT2D eigenvalue weighted by Gasteiger charge is 2.08. The number of rotatable bonds is 6. The van der Waals surface area contributed by atoms with Crippen LogP contribution in [0.4, 0.5) is 0 Å². The first-order valence-electron chi connectivity index (χ1n) is 6.77. The molecule has 0 radical (unpaired) electrons. The van der Waals surface area contributed by atoms with Crippen molar-refractivity contribution in [1.82, 2.24) is 0 Å². The van der Waals surface area contributed by atoms with Crippen molar-refractivity contribution in [2.24, 2.45) is 0 Å². The molecule has 0 amide bonds. The number of ketones is 1. The standard InChI is InChI=1S/C18H18O4/c1-20-16-7-5-4-6-14(16)15(19)10-8-13-9-11-17(21-2)18(12-13)22-3/h4-12H,1-3H3. The maximum Gasteiger partial charge on any atom is 0.189 e. The van der Waals surface area contributed by atoms with Crippen LogP contribution in [0.25, 0.3) is 6.08 Å². The fourth-order valence-electron chi connectivity index (χ4n) is 2.07. The van der Waals surface area contributed by atoms with E-state index in [0.29, 0.717) is 22.8 Å². The number of hydrogen-bond acceptors (Lipinski definition) is 4. The molecular weight excluding hydrogens is 280 g/mol. The van der Waals surface area contributed by atoms with Gasteiger partial charge in [0.2, 0.25) is 0 Å². The molecule has 0 aromatic heterocycles. The lowest BCUT2D eigenvalue weighted by Gasteiger charge is -2.07. The summed E-state index contributed by atoms with van der Waals surface area (Å²) in [5.74, 6) is 1.71. The van der Waals surface area contributed by atoms with E-state index in [1.807, 2.05) is 18.2 Å². The van der Waals surface area contributed by atoms with Crippen molar-refractivity contribution in [3.05, 3.63) is 59.7 Å². The minimum atomic E-state index is -0.118. The quantitative estimate of drug-likeness (QED) is 0.603. The summed E-state index contributed by atoms with van der Waals surface area (Å²) in [7, 11) is 4.70. The number of hydrogen-bond donors (Lipinski definition) is 0. The van der Waals surface area contributed by atoms with E-state index < -0.39 is 0 Å². The number of methoxy groups -OCH3 is 3. The third kappa shape index (κ3) is 3.47. The molecule has 0 N–H and O–H groups in total. The van der Waals surface area contributed by atoms with Gasteiger partial charge in [-0.3, -0.25) is 4.79 Å². The summed E-state index contributed by atoms with van der Waals surface area (Å²) in [6.07, 6.45) is 3.25. The van der Waals surface area contributed by atoms with E-state index in [0.717, 1.165) is 5.56 Å². The zero-order chi connectivity index (χ0) is 15.9. The van der Waals surface area contributed by atoms with E-state index >= 15 is 0 Å². The molecule has 0 saturated carbocycles. The topological polar surface area (TPSA) is 44.8 Å². The molecule has 114 valence electrons. The number of allylic oxidation sites excluding steroid dienone is 1. The molecule has 0 atom stereocenters. The Balaban J connectivity index is 2.23. The molecule has 0 aliphatic heterocycles. The van der Waals surface area contributed by atoms with Gasteiger partial charge in [-0.2, -0.15) is 0 Å². The lowest BCUT2D eigenvalue weighted by atomic mass is 10.1. The first-order valence-corrected chi connectivity index (χ1v) is 6.77. The van der Waals surface area contributed by atoms with Gasteiger partial charge in [0.1, 0.15) is 5.75 Å². The molecule has 2 aromatic carbocycles. The number of carbonyl (C=O) groups is 1. The maximum absolute atomic E-state index is 12.3. The Kier molecular flexibility index (Phi) is 5.20. The Labute approximate surface area is 129 Å². The van der Waals surface area contributed by atoms with E-state index in [9.17, 15) is 4.79 Å². The monoisotopic (exact) mass is 298 g/mol. The summed E-state index contributed by atoms with van der Waals surface area (Å²) < 4.78 is 15.6. The van der Waals surface area contributed by atoms with Crippen LogP contribution in [0.5, 0.6) is 17.2 Å². The van der Waals surface area contributed by atoms with Gasteiger partial charge in [0.05, 0.1) is 26.9 Å². The summed E-state index contributed by atoms with van der Waals surface area (Å²) in [6, 6.07) is 12.6. The van der Waals surface area contributed by atoms with Crippen LogP contribution in [0.1, 0.15) is 15.9 Å². The molecule has 0 heterocycles. The lowest BCUT2D eigenvalue weighted by Crippen LogP contribution is -1.98. The van der Waals surface area contributed by atoms with Crippen molar-refractivity contribution < 1.29 is 19.0 Å². The largest absolute Gasteiger partial charge is 0.496 e. The number of carbonyl (C=O) groups excluding carboxylic acids is 1. The third-order valence-electron chi connectivity index (χ3n) is 3.21. The van der Waals surface area contributed by atoms with Gasteiger partial charge in [0.25, 0.3) is 0 Å². The average Bonchev–Trinajstić information content (AvgIpc) is 2.59. The highest BCUT2D eigenvalue weighted by atomic mass is 16.5. The molecule has 0 saturated heterocycles. The van der Waals surface area contributed by atoms with Gasteiger partial charge in [-0.1, -0.05) is 24.3 Å². The van der Waals surface area contributed by atoms with Gasteiger partial charge in [-0.15, -0.1) is 0 Å². The predicted octanol–water partition coefficient (Wildman–Crippen LogP) is 3.61. The molecule has 4 heteroatoms. The summed E-state index contributed by atoms with van der Waals surface area (Å²) in [6.45, 7) is 0. The fourth-order valence-corrected chi connectivity index (χ4v) is 2.07. The molecule has 0 fully saturated rings. The van der Waals surface area contributed by atoms with Gasteiger partial charge < -0.3 is 14.2 Å². The van der Waals surface area contributed by atoms with Gasteiger partial charge in [0, 0.05) is 0 Å². The van der Waals surface area contributed by atoms with Gasteiger partial charge >= 0.3 is 0 Å². The molecule has 0 unspecified atom stereocenters. The van der Waals surface area contributed by atoms with E-state index in [2.05, 4.69) is 0 Å². The first kappa shape index (κ1) is 15.6. The van der Waals surface area contributed by atoms with Crippen LogP contribution in [0.15, 0.2) is 48.5 Å². The summed E-state index contributed by atoms with van der Waals surface area (Å²) >= 11 is 0. The van der Waals surface area contributed by atoms with Crippen LogP contribution >= 0.6 is 0 Å². The van der Waals surface area contributed by atoms with Crippen molar-refractivity contribution >= 4 is 11.9 Å². The second kappa shape index (κ2) is 7.31. The Hall–Kier alpha value is -2.75. The molecule has 22 heavy (non-hydrogen) atoms. The Bertz CT molecular complexity index is 689. The highest BCUT2D eigenvalue weighted by Crippen LogP contribution is 2.28. The van der Waals surface area contributed by atoms with Crippen LogP contribution in [-0.4, -0.2) is 27.1 Å². The fraction of sp³-hybridized carbons (Fsp3) is 0.167.